The van der Waals surface area contributed by atoms with Crippen molar-refractivity contribution in [1.82, 2.24) is 19.8 Å². The molecule has 1 amide bonds. The van der Waals surface area contributed by atoms with Crippen molar-refractivity contribution in [2.24, 2.45) is 0 Å². The number of nitrogens with zero attached hydrogens (tertiary/aromatic N) is 5. The third-order valence-electron chi connectivity index (χ3n) is 4.09. The van der Waals surface area contributed by atoms with Crippen molar-refractivity contribution in [3.05, 3.63) is 69.1 Å². The van der Waals surface area contributed by atoms with Gasteiger partial charge >= 0.3 is 17.7 Å². The highest BCUT2D eigenvalue weighted by Crippen LogP contribution is 2.25. The Morgan fingerprint density at radius 3 is 2.33 bits per heavy atom. The van der Waals surface area contributed by atoms with Gasteiger partial charge in [0.25, 0.3) is 0 Å². The van der Waals surface area contributed by atoms with E-state index in [4.69, 9.17) is 11.6 Å². The molecular formula is C18H14ClF2N5O4. The summed E-state index contributed by atoms with van der Waals surface area (Å²) in [4.78, 5) is 38.0. The van der Waals surface area contributed by atoms with Crippen molar-refractivity contribution >= 4 is 29.3 Å². The van der Waals surface area contributed by atoms with E-state index in [9.17, 15) is 28.3 Å². The fourth-order valence-electron chi connectivity index (χ4n) is 2.76. The predicted molar refractivity (Wildman–Crippen MR) is 102 cm³/mol. The summed E-state index contributed by atoms with van der Waals surface area (Å²) >= 11 is 5.86. The van der Waals surface area contributed by atoms with Gasteiger partial charge in [0.15, 0.2) is 11.6 Å². The average molecular weight is 438 g/mol. The number of carbonyl (C=O) groups is 2. The molecule has 0 aliphatic rings. The fraction of sp³-hybridized carbons (Fsp3) is 0.167. The van der Waals surface area contributed by atoms with Crippen molar-refractivity contribution < 1.29 is 23.5 Å². The summed E-state index contributed by atoms with van der Waals surface area (Å²) in [6.07, 6.45) is 0. The zero-order valence-electron chi connectivity index (χ0n) is 15.6. The minimum absolute atomic E-state index is 0.0412. The molecule has 156 valence electrons. The molecule has 0 aliphatic heterocycles. The number of tetrazole rings is 1. The summed E-state index contributed by atoms with van der Waals surface area (Å²) in [6, 6.07) is 5.24. The van der Waals surface area contributed by atoms with Crippen LogP contribution in [0.5, 0.6) is 0 Å². The van der Waals surface area contributed by atoms with Crippen molar-refractivity contribution in [3.8, 4) is 5.69 Å². The van der Waals surface area contributed by atoms with E-state index in [0.717, 1.165) is 29.2 Å². The predicted octanol–water partition coefficient (Wildman–Crippen LogP) is 2.94. The summed E-state index contributed by atoms with van der Waals surface area (Å²) in [5.41, 5.74) is -2.12. The lowest BCUT2D eigenvalue weighted by Gasteiger charge is -2.26. The number of aromatic nitrogens is 4. The van der Waals surface area contributed by atoms with Crippen LogP contribution < -0.4 is 10.6 Å². The summed E-state index contributed by atoms with van der Waals surface area (Å²) in [5, 5.41) is 16.0. The molecule has 12 heteroatoms. The van der Waals surface area contributed by atoms with Gasteiger partial charge in [-0.1, -0.05) is 17.7 Å². The molecule has 30 heavy (non-hydrogen) atoms. The molecule has 0 radical (unpaired) electrons. The zero-order chi connectivity index (χ0) is 22.2. The number of carboxylic acid groups (broad SMARTS) is 1. The number of benzene rings is 2. The van der Waals surface area contributed by atoms with Crippen LogP contribution in [0.1, 0.15) is 24.2 Å². The third kappa shape index (κ3) is 3.66. The first-order chi connectivity index (χ1) is 14.1. The first-order valence-corrected chi connectivity index (χ1v) is 8.87. The van der Waals surface area contributed by atoms with Crippen LogP contribution in [0.25, 0.3) is 5.69 Å². The van der Waals surface area contributed by atoms with E-state index >= 15 is 0 Å². The number of amides is 1. The molecule has 0 saturated heterocycles. The normalized spacial score (nSPS) is 11.0. The second kappa shape index (κ2) is 8.03. The molecule has 0 atom stereocenters. The fourth-order valence-corrected chi connectivity index (χ4v) is 2.95. The number of hydrogen-bond acceptors (Lipinski definition) is 5. The van der Waals surface area contributed by atoms with Crippen LogP contribution in [-0.4, -0.2) is 42.9 Å². The maximum atomic E-state index is 14.0. The Hall–Kier alpha value is -3.60. The molecule has 1 aromatic heterocycles. The molecule has 1 N–H and O–H groups in total. The van der Waals surface area contributed by atoms with Crippen LogP contribution in [0.2, 0.25) is 5.02 Å². The van der Waals surface area contributed by atoms with Gasteiger partial charge in [0.05, 0.1) is 10.6 Å². The zero-order valence-corrected chi connectivity index (χ0v) is 16.3. The number of anilines is 1. The van der Waals surface area contributed by atoms with E-state index in [1.165, 1.54) is 12.1 Å². The Morgan fingerprint density at radius 2 is 1.77 bits per heavy atom. The van der Waals surface area contributed by atoms with Crippen LogP contribution >= 0.6 is 11.6 Å². The van der Waals surface area contributed by atoms with Gasteiger partial charge in [-0.25, -0.2) is 23.2 Å². The highest BCUT2D eigenvalue weighted by Gasteiger charge is 2.27. The number of halogens is 3. The van der Waals surface area contributed by atoms with E-state index in [-0.39, 0.29) is 16.3 Å². The number of carbonyl (C=O) groups excluding carboxylic acids is 1. The van der Waals surface area contributed by atoms with Crippen molar-refractivity contribution in [1.29, 1.82) is 0 Å². The molecule has 0 aliphatic carbocycles. The number of para-hydroxylation sites is 1. The Labute approximate surface area is 172 Å². The van der Waals surface area contributed by atoms with E-state index < -0.39 is 41.1 Å². The smallest absolute Gasteiger partial charge is 0.377 e. The summed E-state index contributed by atoms with van der Waals surface area (Å²) in [7, 11) is 0. The molecule has 9 nitrogen and oxygen atoms in total. The number of carboxylic acids is 1. The molecule has 1 heterocycles. The van der Waals surface area contributed by atoms with Gasteiger partial charge < -0.3 is 5.11 Å². The Balaban J connectivity index is 2.09. The standard InChI is InChI=1S/C18H14ClF2N5O4/c1-9(2)24(10-6-7-12(19)11(8-10)16(27)28)17(29)26-18(30)25(22-23-26)15-13(20)4-3-5-14(15)21/h3-9H,1-2H3,(H,27,28). The topological polar surface area (TPSA) is 110 Å². The lowest BCUT2D eigenvalue weighted by atomic mass is 10.1. The van der Waals surface area contributed by atoms with Gasteiger partial charge in [0.1, 0.15) is 5.69 Å². The van der Waals surface area contributed by atoms with Crippen LogP contribution in [0.15, 0.2) is 41.2 Å². The second-order valence-electron chi connectivity index (χ2n) is 6.37. The summed E-state index contributed by atoms with van der Waals surface area (Å²) < 4.78 is 28.6. The Morgan fingerprint density at radius 1 is 1.13 bits per heavy atom. The first kappa shape index (κ1) is 21.1. The van der Waals surface area contributed by atoms with Gasteiger partial charge in [-0.2, -0.15) is 4.68 Å². The van der Waals surface area contributed by atoms with Gasteiger partial charge in [-0.15, -0.1) is 4.68 Å². The molecule has 2 aromatic carbocycles. The molecule has 0 fully saturated rings. The average Bonchev–Trinajstić information content (AvgIpc) is 3.04. The van der Waals surface area contributed by atoms with Crippen LogP contribution in [0.4, 0.5) is 19.3 Å². The molecule has 3 rings (SSSR count). The summed E-state index contributed by atoms with van der Waals surface area (Å²) in [6.45, 7) is 3.22. The van der Waals surface area contributed by atoms with Crippen LogP contribution in [-0.2, 0) is 0 Å². The number of hydrogen-bond donors (Lipinski definition) is 1. The van der Waals surface area contributed by atoms with Crippen LogP contribution in [0, 0.1) is 11.6 Å². The summed E-state index contributed by atoms with van der Waals surface area (Å²) in [5.74, 6) is -3.45. The monoisotopic (exact) mass is 437 g/mol. The third-order valence-corrected chi connectivity index (χ3v) is 4.42. The highest BCUT2D eigenvalue weighted by atomic mass is 35.5. The largest absolute Gasteiger partial charge is 0.478 e. The van der Waals surface area contributed by atoms with E-state index in [0.29, 0.717) is 9.36 Å². The molecule has 0 unspecified atom stereocenters. The second-order valence-corrected chi connectivity index (χ2v) is 6.78. The maximum Gasteiger partial charge on any atom is 0.377 e. The van der Waals surface area contributed by atoms with Crippen LogP contribution in [0.3, 0.4) is 0 Å². The maximum absolute atomic E-state index is 14.0. The van der Waals surface area contributed by atoms with Crippen molar-refractivity contribution in [2.75, 3.05) is 4.90 Å². The SMILES string of the molecule is CC(C)N(C(=O)n1nnn(-c2c(F)cccc2F)c1=O)c1ccc(Cl)c(C(=O)O)c1. The lowest BCUT2D eigenvalue weighted by Crippen LogP contribution is -2.44. The first-order valence-electron chi connectivity index (χ1n) is 8.49. The van der Waals surface area contributed by atoms with Gasteiger partial charge in [-0.3, -0.25) is 4.90 Å². The quantitative estimate of drug-likeness (QED) is 0.628. The molecule has 0 spiro atoms. The van der Waals surface area contributed by atoms with Gasteiger partial charge in [0.2, 0.25) is 0 Å². The Kier molecular flexibility index (Phi) is 5.65. The lowest BCUT2D eigenvalue weighted by molar-refractivity contribution is 0.0697. The molecule has 3 aromatic rings. The van der Waals surface area contributed by atoms with E-state index in [1.807, 2.05) is 0 Å². The van der Waals surface area contributed by atoms with Gasteiger partial charge in [0, 0.05) is 11.7 Å². The number of rotatable bonds is 4. The minimum atomic E-state index is -1.31. The molecule has 0 saturated carbocycles. The number of aromatic carboxylic acids is 1. The molecule has 0 bridgehead atoms. The van der Waals surface area contributed by atoms with E-state index in [2.05, 4.69) is 10.4 Å². The molecular weight excluding hydrogens is 424 g/mol. The minimum Gasteiger partial charge on any atom is -0.478 e. The van der Waals surface area contributed by atoms with Crippen molar-refractivity contribution in [3.63, 3.8) is 0 Å². The highest BCUT2D eigenvalue weighted by molar-refractivity contribution is 6.33. The van der Waals surface area contributed by atoms with E-state index in [1.54, 1.807) is 13.8 Å². The Bertz CT molecular complexity index is 1190. The van der Waals surface area contributed by atoms with Gasteiger partial charge in [-0.05, 0) is 54.6 Å². The van der Waals surface area contributed by atoms with Crippen molar-refractivity contribution in [2.45, 2.75) is 19.9 Å².